The second-order valence-electron chi connectivity index (χ2n) is 7.02. The lowest BCUT2D eigenvalue weighted by Crippen LogP contribution is -2.13. The van der Waals surface area contributed by atoms with Crippen molar-refractivity contribution in [2.45, 2.75) is 25.7 Å². The third-order valence-electron chi connectivity index (χ3n) is 4.88. The Balaban J connectivity index is 1.48. The molecule has 5 rings (SSSR count). The number of anilines is 1. The van der Waals surface area contributed by atoms with Crippen molar-refractivity contribution in [2.24, 2.45) is 0 Å². The largest absolute Gasteiger partial charge is 0.440 e. The van der Waals surface area contributed by atoms with Gasteiger partial charge in [-0.25, -0.2) is 9.37 Å². The number of aromatic nitrogens is 2. The maximum absolute atomic E-state index is 14.3. The first-order valence-corrected chi connectivity index (χ1v) is 9.51. The van der Waals surface area contributed by atoms with E-state index < -0.39 is 11.7 Å². The Morgan fingerprint density at radius 3 is 2.86 bits per heavy atom. The van der Waals surface area contributed by atoms with Crippen LogP contribution in [0.3, 0.4) is 0 Å². The minimum Gasteiger partial charge on any atom is -0.440 e. The molecule has 29 heavy (non-hydrogen) atoms. The molecule has 4 aromatic rings. The summed E-state index contributed by atoms with van der Waals surface area (Å²) in [6.07, 6.45) is 2.18. The molecule has 0 atom stereocenters. The Morgan fingerprint density at radius 2 is 2.10 bits per heavy atom. The van der Waals surface area contributed by atoms with Crippen LogP contribution < -0.4 is 5.32 Å². The molecule has 8 heteroatoms. The van der Waals surface area contributed by atoms with E-state index in [9.17, 15) is 9.18 Å². The average Bonchev–Trinajstić information content (AvgIpc) is 3.34. The van der Waals surface area contributed by atoms with Crippen LogP contribution in [0, 0.1) is 12.7 Å². The summed E-state index contributed by atoms with van der Waals surface area (Å²) in [6.45, 7) is 1.59. The molecule has 1 amide bonds. The lowest BCUT2D eigenvalue weighted by molar-refractivity contribution is 0.102. The molecular formula is C21H15ClFN3O3. The number of carbonyl (C=O) groups excluding carboxylic acids is 1. The highest BCUT2D eigenvalue weighted by molar-refractivity contribution is 6.33. The highest BCUT2D eigenvalue weighted by atomic mass is 35.5. The van der Waals surface area contributed by atoms with Crippen LogP contribution in [0.25, 0.3) is 22.4 Å². The Kier molecular flexibility index (Phi) is 4.13. The number of fused-ring (bicyclic) bond motifs is 1. The summed E-state index contributed by atoms with van der Waals surface area (Å²) in [5, 5.41) is 6.80. The first kappa shape index (κ1) is 17.9. The van der Waals surface area contributed by atoms with Crippen molar-refractivity contribution in [1.29, 1.82) is 0 Å². The van der Waals surface area contributed by atoms with Crippen molar-refractivity contribution in [3.05, 3.63) is 64.5 Å². The standard InChI is InChI=1S/C21H15ClFN3O3/c1-10-17(19(26-29-10)18-13(22)3-2-4-14(18)23)20(27)24-12-7-8-16-15(9-12)25-21(28-16)11-5-6-11/h2-4,7-9,11H,5-6H2,1H3,(H,24,27). The zero-order valence-electron chi connectivity index (χ0n) is 15.3. The van der Waals surface area contributed by atoms with Crippen LogP contribution in [0.15, 0.2) is 45.3 Å². The van der Waals surface area contributed by atoms with Crippen molar-refractivity contribution < 1.29 is 18.1 Å². The molecule has 0 saturated heterocycles. The van der Waals surface area contributed by atoms with Gasteiger partial charge in [-0.15, -0.1) is 0 Å². The third-order valence-corrected chi connectivity index (χ3v) is 5.19. The molecule has 1 aliphatic rings. The number of aryl methyl sites for hydroxylation is 1. The zero-order chi connectivity index (χ0) is 20.1. The lowest BCUT2D eigenvalue weighted by atomic mass is 10.0. The molecule has 1 saturated carbocycles. The van der Waals surface area contributed by atoms with Crippen LogP contribution in [0.2, 0.25) is 5.02 Å². The number of nitrogens with one attached hydrogen (secondary N) is 1. The van der Waals surface area contributed by atoms with Gasteiger partial charge in [0.05, 0.1) is 10.6 Å². The van der Waals surface area contributed by atoms with Gasteiger partial charge in [-0.05, 0) is 50.1 Å². The van der Waals surface area contributed by atoms with Gasteiger partial charge in [0.15, 0.2) is 11.5 Å². The van der Waals surface area contributed by atoms with Gasteiger partial charge in [0.1, 0.15) is 28.4 Å². The maximum Gasteiger partial charge on any atom is 0.261 e. The summed E-state index contributed by atoms with van der Waals surface area (Å²) in [6, 6.07) is 9.49. The molecule has 0 radical (unpaired) electrons. The quantitative estimate of drug-likeness (QED) is 0.465. The van der Waals surface area contributed by atoms with Crippen molar-refractivity contribution in [3.8, 4) is 11.3 Å². The average molecular weight is 412 g/mol. The molecule has 1 N–H and O–H groups in total. The Morgan fingerprint density at radius 1 is 1.28 bits per heavy atom. The topological polar surface area (TPSA) is 81.2 Å². The number of hydrogen-bond acceptors (Lipinski definition) is 5. The fourth-order valence-electron chi connectivity index (χ4n) is 3.26. The summed E-state index contributed by atoms with van der Waals surface area (Å²) in [5.74, 6) is 0.318. The fraction of sp³-hybridized carbons (Fsp3) is 0.190. The highest BCUT2D eigenvalue weighted by Gasteiger charge is 2.29. The number of carbonyl (C=O) groups is 1. The fourth-order valence-corrected chi connectivity index (χ4v) is 3.51. The molecule has 2 heterocycles. The number of rotatable bonds is 4. The predicted octanol–water partition coefficient (Wildman–Crippen LogP) is 5.71. The van der Waals surface area contributed by atoms with Gasteiger partial charge in [-0.3, -0.25) is 4.79 Å². The van der Waals surface area contributed by atoms with E-state index in [0.717, 1.165) is 18.7 Å². The lowest BCUT2D eigenvalue weighted by Gasteiger charge is -2.07. The normalized spacial score (nSPS) is 13.8. The van der Waals surface area contributed by atoms with E-state index in [1.165, 1.54) is 18.2 Å². The Labute approximate surface area is 169 Å². The summed E-state index contributed by atoms with van der Waals surface area (Å²) in [4.78, 5) is 17.4. The number of oxazole rings is 1. The van der Waals surface area contributed by atoms with E-state index in [1.54, 1.807) is 25.1 Å². The van der Waals surface area contributed by atoms with Crippen LogP contribution in [0.5, 0.6) is 0 Å². The van der Waals surface area contributed by atoms with Gasteiger partial charge >= 0.3 is 0 Å². The van der Waals surface area contributed by atoms with Crippen LogP contribution in [-0.2, 0) is 0 Å². The molecule has 0 bridgehead atoms. The zero-order valence-corrected chi connectivity index (χ0v) is 16.1. The summed E-state index contributed by atoms with van der Waals surface area (Å²) in [7, 11) is 0. The molecule has 146 valence electrons. The van der Waals surface area contributed by atoms with E-state index in [2.05, 4.69) is 15.5 Å². The number of hydrogen-bond donors (Lipinski definition) is 1. The van der Waals surface area contributed by atoms with Crippen LogP contribution >= 0.6 is 11.6 Å². The van der Waals surface area contributed by atoms with Crippen LogP contribution in [-0.4, -0.2) is 16.0 Å². The second-order valence-corrected chi connectivity index (χ2v) is 7.43. The second kappa shape index (κ2) is 6.70. The van der Waals surface area contributed by atoms with Gasteiger partial charge in [-0.1, -0.05) is 22.8 Å². The van der Waals surface area contributed by atoms with Gasteiger partial charge < -0.3 is 14.3 Å². The molecule has 1 aliphatic carbocycles. The molecule has 2 aromatic carbocycles. The number of benzene rings is 2. The van der Waals surface area contributed by atoms with Crippen LogP contribution in [0.1, 0.15) is 40.8 Å². The molecule has 0 aliphatic heterocycles. The van der Waals surface area contributed by atoms with Crippen molar-refractivity contribution in [2.75, 3.05) is 5.32 Å². The van der Waals surface area contributed by atoms with Gasteiger partial charge in [-0.2, -0.15) is 0 Å². The van der Waals surface area contributed by atoms with E-state index in [-0.39, 0.29) is 27.6 Å². The minimum absolute atomic E-state index is 0.0252. The van der Waals surface area contributed by atoms with E-state index in [4.69, 9.17) is 20.5 Å². The molecular weight excluding hydrogens is 397 g/mol. The molecule has 1 fully saturated rings. The summed E-state index contributed by atoms with van der Waals surface area (Å²) in [5.41, 5.74) is 2.08. The minimum atomic E-state index is -0.587. The first-order chi connectivity index (χ1) is 14.0. The van der Waals surface area contributed by atoms with Crippen molar-refractivity contribution in [1.82, 2.24) is 10.1 Å². The summed E-state index contributed by atoms with van der Waals surface area (Å²) >= 11 is 6.14. The van der Waals surface area contributed by atoms with Crippen molar-refractivity contribution in [3.63, 3.8) is 0 Å². The molecule has 2 aromatic heterocycles. The van der Waals surface area contributed by atoms with E-state index in [0.29, 0.717) is 22.7 Å². The SMILES string of the molecule is Cc1onc(-c2c(F)cccc2Cl)c1C(=O)Nc1ccc2oc(C3CC3)nc2c1. The molecule has 0 unspecified atom stereocenters. The maximum atomic E-state index is 14.3. The monoisotopic (exact) mass is 411 g/mol. The Hall–Kier alpha value is -3.19. The third kappa shape index (κ3) is 3.17. The van der Waals surface area contributed by atoms with Crippen molar-refractivity contribution >= 4 is 34.3 Å². The Bertz CT molecular complexity index is 1240. The highest BCUT2D eigenvalue weighted by Crippen LogP contribution is 2.41. The van der Waals surface area contributed by atoms with Crippen LogP contribution in [0.4, 0.5) is 10.1 Å². The summed E-state index contributed by atoms with van der Waals surface area (Å²) < 4.78 is 25.3. The molecule has 0 spiro atoms. The first-order valence-electron chi connectivity index (χ1n) is 9.14. The van der Waals surface area contributed by atoms with Gasteiger partial charge in [0.2, 0.25) is 0 Å². The predicted molar refractivity (Wildman–Crippen MR) is 106 cm³/mol. The van der Waals surface area contributed by atoms with Gasteiger partial charge in [0, 0.05) is 11.6 Å². The smallest absolute Gasteiger partial charge is 0.261 e. The van der Waals surface area contributed by atoms with E-state index in [1.807, 2.05) is 0 Å². The number of nitrogens with zero attached hydrogens (tertiary/aromatic N) is 2. The number of halogens is 2. The van der Waals surface area contributed by atoms with Gasteiger partial charge in [0.25, 0.3) is 5.91 Å². The van der Waals surface area contributed by atoms with E-state index >= 15 is 0 Å². The number of amides is 1. The molecule has 6 nitrogen and oxygen atoms in total.